The molecule has 0 aliphatic rings. The van der Waals surface area contributed by atoms with Crippen molar-refractivity contribution in [2.75, 3.05) is 5.32 Å². The molecule has 0 aliphatic carbocycles. The average Bonchev–Trinajstić information content (AvgIpc) is 2.41. The van der Waals surface area contributed by atoms with E-state index in [4.69, 9.17) is 11.6 Å². The van der Waals surface area contributed by atoms with Gasteiger partial charge < -0.3 is 5.32 Å². The Morgan fingerprint density at radius 1 is 1.11 bits per heavy atom. The minimum atomic E-state index is -0.178. The Hall–Kier alpha value is -2.13. The molecule has 18 heavy (non-hydrogen) atoms. The van der Waals surface area contributed by atoms with Crippen LogP contribution in [0.1, 0.15) is 15.9 Å². The molecule has 0 aliphatic heterocycles. The lowest BCUT2D eigenvalue weighted by Gasteiger charge is -2.08. The number of nitrogens with one attached hydrogen (secondary N) is 1. The molecule has 0 saturated carbocycles. The standard InChI is InChI=1S/C14H10ClNO2/c15-11-6-7-13(16-9-17)12(8-11)14(18)10-4-2-1-3-5-10/h1-9H,(H,16,17). The maximum absolute atomic E-state index is 12.3. The van der Waals surface area contributed by atoms with Gasteiger partial charge in [0, 0.05) is 16.1 Å². The van der Waals surface area contributed by atoms with Crippen LogP contribution in [-0.2, 0) is 4.79 Å². The number of rotatable bonds is 4. The van der Waals surface area contributed by atoms with Gasteiger partial charge in [0.05, 0.1) is 5.69 Å². The molecule has 0 radical (unpaired) electrons. The van der Waals surface area contributed by atoms with Gasteiger partial charge in [-0.3, -0.25) is 9.59 Å². The molecule has 1 amide bonds. The summed E-state index contributed by atoms with van der Waals surface area (Å²) < 4.78 is 0. The van der Waals surface area contributed by atoms with Crippen LogP contribution in [0.5, 0.6) is 0 Å². The average molecular weight is 260 g/mol. The third-order valence-corrected chi connectivity index (χ3v) is 2.71. The van der Waals surface area contributed by atoms with E-state index in [1.165, 1.54) is 0 Å². The molecule has 1 N–H and O–H groups in total. The van der Waals surface area contributed by atoms with Crippen molar-refractivity contribution in [2.45, 2.75) is 0 Å². The van der Waals surface area contributed by atoms with E-state index < -0.39 is 0 Å². The highest BCUT2D eigenvalue weighted by Gasteiger charge is 2.13. The number of ketones is 1. The van der Waals surface area contributed by atoms with Crippen LogP contribution in [0.2, 0.25) is 5.02 Å². The van der Waals surface area contributed by atoms with Crippen molar-refractivity contribution in [1.29, 1.82) is 0 Å². The fourth-order valence-corrected chi connectivity index (χ4v) is 1.81. The lowest BCUT2D eigenvalue weighted by atomic mass is 10.0. The first-order chi connectivity index (χ1) is 8.72. The summed E-state index contributed by atoms with van der Waals surface area (Å²) in [4.78, 5) is 22.8. The normalized spacial score (nSPS) is 9.83. The van der Waals surface area contributed by atoms with Crippen molar-refractivity contribution in [2.24, 2.45) is 0 Å². The summed E-state index contributed by atoms with van der Waals surface area (Å²) in [5, 5.41) is 2.94. The third kappa shape index (κ3) is 2.57. The molecule has 0 saturated heterocycles. The second kappa shape index (κ2) is 5.47. The number of benzene rings is 2. The number of halogens is 1. The van der Waals surface area contributed by atoms with Gasteiger partial charge in [0.25, 0.3) is 0 Å². The van der Waals surface area contributed by atoms with E-state index in [0.29, 0.717) is 28.2 Å². The molecule has 4 heteroatoms. The van der Waals surface area contributed by atoms with E-state index in [9.17, 15) is 9.59 Å². The lowest BCUT2D eigenvalue weighted by molar-refractivity contribution is -0.105. The molecule has 0 atom stereocenters. The first-order valence-corrected chi connectivity index (χ1v) is 5.69. The van der Waals surface area contributed by atoms with Gasteiger partial charge in [-0.25, -0.2) is 0 Å². The minimum absolute atomic E-state index is 0.178. The number of anilines is 1. The topological polar surface area (TPSA) is 46.2 Å². The first-order valence-electron chi connectivity index (χ1n) is 5.32. The Labute approximate surface area is 109 Å². The molecule has 3 nitrogen and oxygen atoms in total. The van der Waals surface area contributed by atoms with Crippen molar-refractivity contribution in [1.82, 2.24) is 0 Å². The number of hydrogen-bond acceptors (Lipinski definition) is 2. The molecule has 0 fully saturated rings. The molecule has 0 aromatic heterocycles. The fraction of sp³-hybridized carbons (Fsp3) is 0. The largest absolute Gasteiger partial charge is 0.328 e. The zero-order valence-electron chi connectivity index (χ0n) is 9.39. The van der Waals surface area contributed by atoms with Crippen molar-refractivity contribution in [3.63, 3.8) is 0 Å². The zero-order valence-corrected chi connectivity index (χ0v) is 10.1. The monoisotopic (exact) mass is 259 g/mol. The Balaban J connectivity index is 2.46. The van der Waals surface area contributed by atoms with Crippen LogP contribution < -0.4 is 5.32 Å². The highest BCUT2D eigenvalue weighted by Crippen LogP contribution is 2.23. The van der Waals surface area contributed by atoms with E-state index >= 15 is 0 Å². The zero-order chi connectivity index (χ0) is 13.0. The predicted octanol–water partition coefficient (Wildman–Crippen LogP) is 3.14. The van der Waals surface area contributed by atoms with Gasteiger partial charge in [-0.15, -0.1) is 0 Å². The molecule has 2 aromatic rings. The Bertz CT molecular complexity index is 582. The van der Waals surface area contributed by atoms with Gasteiger partial charge in [0.15, 0.2) is 5.78 Å². The summed E-state index contributed by atoms with van der Waals surface area (Å²) in [6.45, 7) is 0. The molecular weight excluding hydrogens is 250 g/mol. The summed E-state index contributed by atoms with van der Waals surface area (Å²) in [6, 6.07) is 13.6. The van der Waals surface area contributed by atoms with Gasteiger partial charge in [-0.1, -0.05) is 41.9 Å². The summed E-state index contributed by atoms with van der Waals surface area (Å²) in [6.07, 6.45) is 0.533. The van der Waals surface area contributed by atoms with E-state index in [-0.39, 0.29) is 5.78 Å². The summed E-state index contributed by atoms with van der Waals surface area (Å²) >= 11 is 5.88. The van der Waals surface area contributed by atoms with Crippen LogP contribution in [-0.4, -0.2) is 12.2 Å². The molecule has 2 rings (SSSR count). The van der Waals surface area contributed by atoms with Gasteiger partial charge in [-0.05, 0) is 18.2 Å². The van der Waals surface area contributed by atoms with Crippen molar-refractivity contribution in [3.8, 4) is 0 Å². The number of carbonyl (C=O) groups is 2. The van der Waals surface area contributed by atoms with E-state index in [2.05, 4.69) is 5.32 Å². The van der Waals surface area contributed by atoms with Crippen molar-refractivity contribution < 1.29 is 9.59 Å². The van der Waals surface area contributed by atoms with Crippen LogP contribution in [0.3, 0.4) is 0 Å². The van der Waals surface area contributed by atoms with Crippen LogP contribution in [0.25, 0.3) is 0 Å². The molecule has 0 unspecified atom stereocenters. The van der Waals surface area contributed by atoms with Gasteiger partial charge in [-0.2, -0.15) is 0 Å². The smallest absolute Gasteiger partial charge is 0.211 e. The molecular formula is C14H10ClNO2. The molecule has 2 aromatic carbocycles. The first kappa shape index (κ1) is 12.3. The summed E-state index contributed by atoms with van der Waals surface area (Å²) in [7, 11) is 0. The SMILES string of the molecule is O=CNc1ccc(Cl)cc1C(=O)c1ccccc1. The van der Waals surface area contributed by atoms with E-state index in [1.54, 1.807) is 42.5 Å². The second-order valence-corrected chi connectivity index (χ2v) is 4.08. The maximum atomic E-state index is 12.3. The highest BCUT2D eigenvalue weighted by atomic mass is 35.5. The fourth-order valence-electron chi connectivity index (χ4n) is 1.64. The van der Waals surface area contributed by atoms with Crippen LogP contribution in [0.15, 0.2) is 48.5 Å². The Morgan fingerprint density at radius 3 is 2.50 bits per heavy atom. The van der Waals surface area contributed by atoms with E-state index in [0.717, 1.165) is 0 Å². The molecule has 0 spiro atoms. The molecule has 90 valence electrons. The second-order valence-electron chi connectivity index (χ2n) is 3.65. The van der Waals surface area contributed by atoms with E-state index in [1.807, 2.05) is 6.07 Å². The Morgan fingerprint density at radius 2 is 1.83 bits per heavy atom. The van der Waals surface area contributed by atoms with Crippen LogP contribution in [0, 0.1) is 0 Å². The number of amides is 1. The van der Waals surface area contributed by atoms with Crippen LogP contribution >= 0.6 is 11.6 Å². The lowest BCUT2D eigenvalue weighted by Crippen LogP contribution is -2.06. The summed E-state index contributed by atoms with van der Waals surface area (Å²) in [5.41, 5.74) is 1.37. The predicted molar refractivity (Wildman–Crippen MR) is 71.0 cm³/mol. The minimum Gasteiger partial charge on any atom is -0.328 e. The number of carbonyl (C=O) groups excluding carboxylic acids is 2. The Kier molecular flexibility index (Phi) is 3.75. The van der Waals surface area contributed by atoms with Gasteiger partial charge in [0.2, 0.25) is 6.41 Å². The van der Waals surface area contributed by atoms with Gasteiger partial charge >= 0.3 is 0 Å². The van der Waals surface area contributed by atoms with Crippen LogP contribution in [0.4, 0.5) is 5.69 Å². The highest BCUT2D eigenvalue weighted by molar-refractivity contribution is 6.31. The third-order valence-electron chi connectivity index (χ3n) is 2.48. The molecule has 0 bridgehead atoms. The van der Waals surface area contributed by atoms with Gasteiger partial charge in [0.1, 0.15) is 0 Å². The maximum Gasteiger partial charge on any atom is 0.211 e. The molecule has 0 heterocycles. The number of hydrogen-bond donors (Lipinski definition) is 1. The van der Waals surface area contributed by atoms with Crippen molar-refractivity contribution >= 4 is 29.5 Å². The van der Waals surface area contributed by atoms with Crippen molar-refractivity contribution in [3.05, 3.63) is 64.7 Å². The summed E-state index contributed by atoms with van der Waals surface area (Å²) in [5.74, 6) is -0.178. The quantitative estimate of drug-likeness (QED) is 0.677.